The monoisotopic (exact) mass is 192 g/mol. The van der Waals surface area contributed by atoms with Crippen LogP contribution in [-0.4, -0.2) is 16.1 Å². The van der Waals surface area contributed by atoms with E-state index in [0.29, 0.717) is 6.61 Å². The van der Waals surface area contributed by atoms with E-state index in [1.165, 1.54) is 0 Å². The second-order valence-corrected chi connectivity index (χ2v) is 2.74. The second kappa shape index (κ2) is 5.19. The maximum Gasteiger partial charge on any atom is 0.333 e. The van der Waals surface area contributed by atoms with E-state index in [0.717, 1.165) is 11.8 Å². The predicted molar refractivity (Wildman–Crippen MR) is 53.5 cm³/mol. The molecule has 0 aliphatic rings. The van der Waals surface area contributed by atoms with E-state index in [4.69, 9.17) is 22.5 Å². The third kappa shape index (κ3) is 3.60. The van der Waals surface area contributed by atoms with Crippen molar-refractivity contribution in [3.63, 3.8) is 0 Å². The number of hydrogen-bond acceptors (Lipinski definition) is 2. The summed E-state index contributed by atoms with van der Waals surface area (Å²) in [5, 5.41) is 0.173. The molecule has 0 fully saturated rings. The van der Waals surface area contributed by atoms with Crippen LogP contribution in [0.15, 0.2) is 30.3 Å². The number of thiocarbonyl (C=S) groups is 1. The number of rotatable bonds is 3. The first kappa shape index (κ1) is 9.58. The molecule has 0 radical (unpaired) electrons. The highest BCUT2D eigenvalue weighted by molar-refractivity contribution is 7.81. The van der Waals surface area contributed by atoms with E-state index in [1.54, 1.807) is 0 Å². The van der Waals surface area contributed by atoms with Gasteiger partial charge in [-0.05, 0) is 17.8 Å². The molecule has 66 valence electrons. The lowest BCUT2D eigenvalue weighted by molar-refractivity contribution is 0.00502. The van der Waals surface area contributed by atoms with Gasteiger partial charge in [0.05, 0.1) is 0 Å². The fourth-order valence-corrected chi connectivity index (χ4v) is 0.919. The van der Waals surface area contributed by atoms with Gasteiger partial charge in [0.2, 0.25) is 0 Å². The molecular weight excluding hydrogens is 184 g/mol. The summed E-state index contributed by atoms with van der Waals surface area (Å²) < 4.78 is 5.09. The van der Waals surface area contributed by atoms with E-state index in [2.05, 4.69) is 4.79 Å². The number of nitrogens with zero attached hydrogens (tertiary/aromatic N) is 2. The van der Waals surface area contributed by atoms with Crippen molar-refractivity contribution in [2.75, 3.05) is 0 Å². The average molecular weight is 192 g/mol. The quantitative estimate of drug-likeness (QED) is 0.317. The van der Waals surface area contributed by atoms with Crippen LogP contribution < -0.4 is 0 Å². The molecule has 0 spiro atoms. The summed E-state index contributed by atoms with van der Waals surface area (Å²) in [6.45, 7) is 0.395. The molecule has 0 saturated heterocycles. The normalized spacial score (nSPS) is 8.62. The van der Waals surface area contributed by atoms with Crippen LogP contribution in [0.25, 0.3) is 5.53 Å². The maximum atomic E-state index is 8.14. The zero-order valence-electron chi connectivity index (χ0n) is 6.88. The molecule has 0 amide bonds. The Labute approximate surface area is 81.6 Å². The predicted octanol–water partition coefficient (Wildman–Crippen LogP) is 1.83. The maximum absolute atomic E-state index is 8.14. The van der Waals surface area contributed by atoms with Gasteiger partial charge in [0, 0.05) is 0 Å². The van der Waals surface area contributed by atoms with E-state index in [1.807, 2.05) is 30.3 Å². The largest absolute Gasteiger partial charge is 0.473 e. The molecule has 0 aliphatic heterocycles. The summed E-state index contributed by atoms with van der Waals surface area (Å²) >= 11 is 4.72. The lowest BCUT2D eigenvalue weighted by Crippen LogP contribution is -2.03. The van der Waals surface area contributed by atoms with E-state index >= 15 is 0 Å². The van der Waals surface area contributed by atoms with E-state index in [9.17, 15) is 0 Å². The van der Waals surface area contributed by atoms with Crippen molar-refractivity contribution in [3.8, 4) is 0 Å². The minimum absolute atomic E-state index is 0.173. The van der Waals surface area contributed by atoms with Crippen LogP contribution in [-0.2, 0) is 11.3 Å². The molecule has 0 N–H and O–H groups in total. The molecule has 0 bridgehead atoms. The molecule has 0 aromatic heterocycles. The topological polar surface area (TPSA) is 45.6 Å². The van der Waals surface area contributed by atoms with Crippen LogP contribution in [0, 0.1) is 0 Å². The van der Waals surface area contributed by atoms with Crippen molar-refractivity contribution in [3.05, 3.63) is 41.4 Å². The van der Waals surface area contributed by atoms with Crippen molar-refractivity contribution in [2.24, 2.45) is 0 Å². The number of hydrogen-bond donors (Lipinski definition) is 0. The highest BCUT2D eigenvalue weighted by Gasteiger charge is 1.97. The van der Waals surface area contributed by atoms with Gasteiger partial charge in [-0.25, -0.2) is 0 Å². The van der Waals surface area contributed by atoms with Gasteiger partial charge < -0.3 is 10.3 Å². The van der Waals surface area contributed by atoms with Gasteiger partial charge in [-0.2, -0.15) is 4.79 Å². The summed E-state index contributed by atoms with van der Waals surface area (Å²) in [6, 6.07) is 9.62. The van der Waals surface area contributed by atoms with Gasteiger partial charge in [-0.15, -0.1) is 0 Å². The molecule has 13 heavy (non-hydrogen) atoms. The molecule has 1 rings (SSSR count). The zero-order valence-corrected chi connectivity index (χ0v) is 7.70. The first-order valence-corrected chi connectivity index (χ1v) is 4.12. The van der Waals surface area contributed by atoms with Crippen molar-refractivity contribution in [1.82, 2.24) is 0 Å². The highest BCUT2D eigenvalue weighted by atomic mass is 32.1. The lowest BCUT2D eigenvalue weighted by Gasteiger charge is -2.00. The van der Waals surface area contributed by atoms with Crippen molar-refractivity contribution in [2.45, 2.75) is 6.61 Å². The van der Waals surface area contributed by atoms with Crippen LogP contribution in [0.5, 0.6) is 0 Å². The smallest absolute Gasteiger partial charge is 0.333 e. The first-order valence-electron chi connectivity index (χ1n) is 3.71. The van der Waals surface area contributed by atoms with E-state index in [-0.39, 0.29) is 5.05 Å². The lowest BCUT2D eigenvalue weighted by atomic mass is 10.2. The number of ether oxygens (including phenoxy) is 1. The van der Waals surface area contributed by atoms with Crippen LogP contribution in [0.4, 0.5) is 0 Å². The van der Waals surface area contributed by atoms with Crippen molar-refractivity contribution < 1.29 is 9.53 Å². The molecule has 4 heteroatoms. The summed E-state index contributed by atoms with van der Waals surface area (Å²) in [6.07, 6.45) is 1.08. The zero-order chi connectivity index (χ0) is 9.52. The molecule has 1 aromatic carbocycles. The Balaban J connectivity index is 2.44. The van der Waals surface area contributed by atoms with Crippen LogP contribution in [0.2, 0.25) is 0 Å². The average Bonchev–Trinajstić information content (AvgIpc) is 2.17. The Morgan fingerprint density at radius 2 is 2.15 bits per heavy atom. The summed E-state index contributed by atoms with van der Waals surface area (Å²) in [7, 11) is 0. The Kier molecular flexibility index (Phi) is 3.82. The number of benzene rings is 1. The van der Waals surface area contributed by atoms with Crippen molar-refractivity contribution >= 4 is 23.5 Å². The Bertz CT molecular complexity index is 331. The summed E-state index contributed by atoms with van der Waals surface area (Å²) in [5.41, 5.74) is 9.16. The van der Waals surface area contributed by atoms with Crippen molar-refractivity contribution in [1.29, 1.82) is 0 Å². The van der Waals surface area contributed by atoms with Gasteiger partial charge in [0.1, 0.15) is 6.61 Å². The van der Waals surface area contributed by atoms with Gasteiger partial charge >= 0.3 is 6.21 Å². The first-order chi connectivity index (χ1) is 6.33. The molecule has 3 nitrogen and oxygen atoms in total. The van der Waals surface area contributed by atoms with Gasteiger partial charge in [0.15, 0.2) is 0 Å². The molecule has 0 atom stereocenters. The Hall–Kier alpha value is -1.51. The third-order valence-electron chi connectivity index (χ3n) is 1.39. The molecule has 1 aromatic rings. The van der Waals surface area contributed by atoms with Gasteiger partial charge in [0.25, 0.3) is 5.05 Å². The fourth-order valence-electron chi connectivity index (χ4n) is 0.813. The SMILES string of the molecule is [N-]=[N+]=CC(=S)OCc1ccccc1. The van der Waals surface area contributed by atoms with Crippen LogP contribution in [0.3, 0.4) is 0 Å². The Morgan fingerprint density at radius 3 is 2.77 bits per heavy atom. The summed E-state index contributed by atoms with van der Waals surface area (Å²) in [5.74, 6) is 0. The second-order valence-electron chi connectivity index (χ2n) is 2.34. The van der Waals surface area contributed by atoms with Crippen LogP contribution in [0.1, 0.15) is 5.56 Å². The van der Waals surface area contributed by atoms with Gasteiger partial charge in [-0.1, -0.05) is 30.3 Å². The molecule has 0 heterocycles. The highest BCUT2D eigenvalue weighted by Crippen LogP contribution is 2.00. The minimum atomic E-state index is 0.173. The Morgan fingerprint density at radius 1 is 1.46 bits per heavy atom. The molecule has 0 aliphatic carbocycles. The van der Waals surface area contributed by atoms with Crippen LogP contribution >= 0.6 is 12.2 Å². The third-order valence-corrected chi connectivity index (χ3v) is 1.61. The molecule has 0 saturated carbocycles. The molecule has 0 unspecified atom stereocenters. The standard InChI is InChI=1S/C9H8N2OS/c10-11-6-9(13)12-7-8-4-2-1-3-5-8/h1-6H,7H2. The van der Waals surface area contributed by atoms with E-state index < -0.39 is 0 Å². The van der Waals surface area contributed by atoms with Gasteiger partial charge in [-0.3, -0.25) is 0 Å². The molecular formula is C9H8N2OS. The summed E-state index contributed by atoms with van der Waals surface area (Å²) in [4.78, 5) is 2.76. The fraction of sp³-hybridized carbons (Fsp3) is 0.111. The minimum Gasteiger partial charge on any atom is -0.473 e.